The van der Waals surface area contributed by atoms with Crippen LogP contribution in [0.25, 0.3) is 0 Å². The summed E-state index contributed by atoms with van der Waals surface area (Å²) in [5.41, 5.74) is -0.395. The molecule has 2 unspecified atom stereocenters. The fraction of sp³-hybridized carbons (Fsp3) is 0.852. The number of rotatable bonds is 6. The minimum Gasteiger partial charge on any atom is -0.444 e. The lowest BCUT2D eigenvalue weighted by molar-refractivity contribution is -0.0855. The number of thiazole rings is 1. The highest BCUT2D eigenvalue weighted by Gasteiger charge is 2.52. The molecule has 0 aromatic carbocycles. The molecule has 1 aromatic rings. The van der Waals surface area contributed by atoms with Crippen LogP contribution >= 0.6 is 11.3 Å². The number of carbonyl (C=O) groups is 1. The summed E-state index contributed by atoms with van der Waals surface area (Å²) in [6.07, 6.45) is -0.00823. The van der Waals surface area contributed by atoms with E-state index < -0.39 is 27.7 Å². The predicted molar refractivity (Wildman–Crippen MR) is 157 cm³/mol. The van der Waals surface area contributed by atoms with Crippen LogP contribution < -0.4 is 4.63 Å². The Hall–Kier alpha value is -0.746. The number of amides is 1. The highest BCUT2D eigenvalue weighted by Crippen LogP contribution is 2.40. The average molecular weight is 557 g/mol. The smallest absolute Gasteiger partial charge is 0.412 e. The van der Waals surface area contributed by atoms with Gasteiger partial charge in [-0.3, -0.25) is 9.88 Å². The van der Waals surface area contributed by atoms with E-state index >= 15 is 0 Å². The highest BCUT2D eigenvalue weighted by atomic mass is 32.1. The lowest BCUT2D eigenvalue weighted by atomic mass is 10.1. The SMILES string of the molecule is CC(C)(C)OC(=O)N1C(Cc2csc([Si](C)(C)C(C)(C)C)n2)C(CO[Si](C)(C)C(C)(C)C)OC1(C)C. The summed E-state index contributed by atoms with van der Waals surface area (Å²) in [6.45, 7) is 32.9. The standard InChI is InChI=1S/C27H52N2O4SSi2/c1-24(2,3)33-23(30)29-20(16-19-18-34-22(28-19)35(12,13)25(4,5)6)21(32-27(29,10)11)17-31-36(14,15)26(7,8)9/h18,20-21H,16-17H2,1-15H3. The molecule has 1 aromatic heterocycles. The Kier molecular flexibility index (Phi) is 8.83. The maximum atomic E-state index is 13.5. The van der Waals surface area contributed by atoms with Crippen LogP contribution in [-0.4, -0.2) is 62.4 Å². The molecule has 1 fully saturated rings. The molecular formula is C27H52N2O4SSi2. The van der Waals surface area contributed by atoms with Gasteiger partial charge < -0.3 is 13.9 Å². The Labute approximate surface area is 226 Å². The monoisotopic (exact) mass is 556 g/mol. The van der Waals surface area contributed by atoms with E-state index in [1.54, 1.807) is 16.2 Å². The third-order valence-electron chi connectivity index (χ3n) is 8.17. The van der Waals surface area contributed by atoms with E-state index in [9.17, 15) is 4.79 Å². The minimum absolute atomic E-state index is 0.0917. The van der Waals surface area contributed by atoms with E-state index in [1.165, 1.54) is 4.63 Å². The van der Waals surface area contributed by atoms with E-state index in [1.807, 2.05) is 34.6 Å². The summed E-state index contributed by atoms with van der Waals surface area (Å²) in [4.78, 5) is 20.4. The van der Waals surface area contributed by atoms with Gasteiger partial charge in [-0.05, 0) is 57.8 Å². The van der Waals surface area contributed by atoms with E-state index in [-0.39, 0.29) is 28.3 Å². The maximum Gasteiger partial charge on any atom is 0.412 e. The Balaban J connectivity index is 2.42. The van der Waals surface area contributed by atoms with Crippen LogP contribution in [-0.2, 0) is 20.3 Å². The third-order valence-corrected chi connectivity index (χ3v) is 20.2. The molecule has 0 bridgehead atoms. The normalized spacial score (nSPS) is 21.7. The second kappa shape index (κ2) is 10.1. The van der Waals surface area contributed by atoms with Gasteiger partial charge in [0.25, 0.3) is 0 Å². The zero-order chi connectivity index (χ0) is 28.1. The molecule has 0 spiro atoms. The number of carbonyl (C=O) groups excluding carboxylic acids is 1. The molecule has 0 N–H and O–H groups in total. The van der Waals surface area contributed by atoms with Crippen molar-refractivity contribution in [1.29, 1.82) is 0 Å². The third kappa shape index (κ3) is 7.01. The Morgan fingerprint density at radius 1 is 1.06 bits per heavy atom. The van der Waals surface area contributed by atoms with Gasteiger partial charge in [-0.2, -0.15) is 0 Å². The molecule has 36 heavy (non-hydrogen) atoms. The Bertz CT molecular complexity index is 923. The van der Waals surface area contributed by atoms with Gasteiger partial charge in [-0.15, -0.1) is 11.3 Å². The van der Waals surface area contributed by atoms with Crippen LogP contribution in [0.1, 0.15) is 81.9 Å². The van der Waals surface area contributed by atoms with Gasteiger partial charge in [0, 0.05) is 11.8 Å². The summed E-state index contributed by atoms with van der Waals surface area (Å²) in [6, 6.07) is -0.228. The minimum atomic E-state index is -1.99. The first-order valence-electron chi connectivity index (χ1n) is 13.2. The lowest BCUT2D eigenvalue weighted by Gasteiger charge is -2.37. The van der Waals surface area contributed by atoms with Crippen molar-refractivity contribution in [2.24, 2.45) is 0 Å². The van der Waals surface area contributed by atoms with E-state index in [0.29, 0.717) is 13.0 Å². The van der Waals surface area contributed by atoms with Crippen molar-refractivity contribution in [1.82, 2.24) is 9.88 Å². The van der Waals surface area contributed by atoms with E-state index in [2.05, 4.69) is 73.1 Å². The summed E-state index contributed by atoms with van der Waals surface area (Å²) in [5.74, 6) is 0. The number of aromatic nitrogens is 1. The van der Waals surface area contributed by atoms with Crippen LogP contribution in [0.5, 0.6) is 0 Å². The van der Waals surface area contributed by atoms with Gasteiger partial charge in [-0.25, -0.2) is 4.79 Å². The molecule has 0 aliphatic carbocycles. The molecular weight excluding hydrogens is 505 g/mol. The first-order valence-corrected chi connectivity index (χ1v) is 20.0. The summed E-state index contributed by atoms with van der Waals surface area (Å²) < 4.78 is 20.2. The molecule has 2 atom stereocenters. The molecule has 2 heterocycles. The van der Waals surface area contributed by atoms with Crippen LogP contribution in [0.15, 0.2) is 5.38 Å². The fourth-order valence-corrected chi connectivity index (χ4v) is 8.75. The molecule has 0 saturated carbocycles. The average Bonchev–Trinajstić information content (AvgIpc) is 3.19. The maximum absolute atomic E-state index is 13.5. The van der Waals surface area contributed by atoms with Crippen molar-refractivity contribution >= 4 is 38.5 Å². The summed E-state index contributed by atoms with van der Waals surface area (Å²) >= 11 is 1.76. The van der Waals surface area contributed by atoms with Crippen LogP contribution in [0.2, 0.25) is 36.3 Å². The zero-order valence-electron chi connectivity index (χ0n) is 25.6. The van der Waals surface area contributed by atoms with Gasteiger partial charge >= 0.3 is 6.09 Å². The Morgan fingerprint density at radius 3 is 2.08 bits per heavy atom. The van der Waals surface area contributed by atoms with E-state index in [0.717, 1.165) is 5.69 Å². The topological polar surface area (TPSA) is 60.9 Å². The molecule has 0 radical (unpaired) electrons. The van der Waals surface area contributed by atoms with Gasteiger partial charge in [0.05, 0.1) is 23.0 Å². The Morgan fingerprint density at radius 2 is 1.61 bits per heavy atom. The van der Waals surface area contributed by atoms with Gasteiger partial charge in [-0.1, -0.05) is 54.6 Å². The van der Waals surface area contributed by atoms with Crippen molar-refractivity contribution in [3.8, 4) is 0 Å². The van der Waals surface area contributed by atoms with Crippen molar-refractivity contribution in [2.75, 3.05) is 6.61 Å². The van der Waals surface area contributed by atoms with Crippen molar-refractivity contribution in [3.63, 3.8) is 0 Å². The van der Waals surface area contributed by atoms with Gasteiger partial charge in [0.2, 0.25) is 0 Å². The second-order valence-electron chi connectivity index (χ2n) is 14.8. The van der Waals surface area contributed by atoms with Crippen molar-refractivity contribution in [3.05, 3.63) is 11.1 Å². The van der Waals surface area contributed by atoms with Crippen LogP contribution in [0.3, 0.4) is 0 Å². The quantitative estimate of drug-likeness (QED) is 0.348. The first-order chi connectivity index (χ1) is 15.9. The molecule has 1 aliphatic rings. The number of ether oxygens (including phenoxy) is 2. The second-order valence-corrected chi connectivity index (χ2v) is 26.1. The van der Waals surface area contributed by atoms with E-state index in [4.69, 9.17) is 18.9 Å². The molecule has 1 saturated heterocycles. The molecule has 9 heteroatoms. The van der Waals surface area contributed by atoms with Crippen LogP contribution in [0, 0.1) is 0 Å². The van der Waals surface area contributed by atoms with Gasteiger partial charge in [0.15, 0.2) is 8.32 Å². The van der Waals surface area contributed by atoms with Gasteiger partial charge in [0.1, 0.15) is 25.5 Å². The molecule has 6 nitrogen and oxygen atoms in total. The molecule has 1 amide bonds. The number of hydrogen-bond donors (Lipinski definition) is 0. The molecule has 2 rings (SSSR count). The molecule has 1 aliphatic heterocycles. The molecule has 208 valence electrons. The first kappa shape index (κ1) is 31.5. The zero-order valence-corrected chi connectivity index (χ0v) is 28.4. The largest absolute Gasteiger partial charge is 0.444 e. The number of nitrogens with zero attached hydrogens (tertiary/aromatic N) is 2. The fourth-order valence-electron chi connectivity index (χ4n) is 3.84. The number of hydrogen-bond acceptors (Lipinski definition) is 6. The van der Waals surface area contributed by atoms with Crippen LogP contribution in [0.4, 0.5) is 4.79 Å². The van der Waals surface area contributed by atoms with Crippen molar-refractivity contribution < 1.29 is 18.7 Å². The predicted octanol–water partition coefficient (Wildman–Crippen LogP) is 7.16. The summed E-state index contributed by atoms with van der Waals surface area (Å²) in [7, 11) is -3.73. The summed E-state index contributed by atoms with van der Waals surface area (Å²) in [5, 5.41) is 2.47. The van der Waals surface area contributed by atoms with Crippen molar-refractivity contribution in [2.45, 2.75) is 142 Å². The highest BCUT2D eigenvalue weighted by molar-refractivity contribution is 7.25. The lowest BCUT2D eigenvalue weighted by Crippen LogP contribution is -2.52.